The van der Waals surface area contributed by atoms with Crippen molar-refractivity contribution in [2.75, 3.05) is 5.32 Å². The van der Waals surface area contributed by atoms with Crippen molar-refractivity contribution in [3.05, 3.63) is 132 Å². The molecule has 0 fully saturated rings. The fourth-order valence-corrected chi connectivity index (χ4v) is 5.08. The molecule has 0 radical (unpaired) electrons. The SMILES string of the molecule is c1ccc(COc2ccc3snc(NCc4ccc(OCc5cccc6ccccc56)cc4)c3c2)cc1. The third kappa shape index (κ3) is 5.42. The van der Waals surface area contributed by atoms with E-state index in [1.165, 1.54) is 27.9 Å². The molecule has 1 N–H and O–H groups in total. The Morgan fingerprint density at radius 2 is 1.38 bits per heavy atom. The molecule has 0 unspecified atom stereocenters. The maximum Gasteiger partial charge on any atom is 0.147 e. The summed E-state index contributed by atoms with van der Waals surface area (Å²) >= 11 is 1.49. The van der Waals surface area contributed by atoms with Crippen molar-refractivity contribution in [3.8, 4) is 11.5 Å². The summed E-state index contributed by atoms with van der Waals surface area (Å²) in [5, 5.41) is 7.02. The second-order valence-corrected chi connectivity index (χ2v) is 9.69. The number of anilines is 1. The van der Waals surface area contributed by atoms with E-state index >= 15 is 0 Å². The van der Waals surface area contributed by atoms with E-state index in [1.807, 2.05) is 36.4 Å². The van der Waals surface area contributed by atoms with Gasteiger partial charge in [0.05, 0.1) is 4.70 Å². The number of fused-ring (bicyclic) bond motifs is 2. The summed E-state index contributed by atoms with van der Waals surface area (Å²) in [6.07, 6.45) is 0. The fraction of sp³-hybridized carbons (Fsp3) is 0.0938. The number of benzene rings is 5. The highest BCUT2D eigenvalue weighted by Crippen LogP contribution is 2.31. The van der Waals surface area contributed by atoms with Crippen molar-refractivity contribution in [2.24, 2.45) is 0 Å². The van der Waals surface area contributed by atoms with Gasteiger partial charge in [-0.05, 0) is 69.3 Å². The van der Waals surface area contributed by atoms with Gasteiger partial charge < -0.3 is 14.8 Å². The lowest BCUT2D eigenvalue weighted by atomic mass is 10.1. The Kier molecular flexibility index (Phi) is 6.69. The molecule has 0 saturated carbocycles. The maximum atomic E-state index is 6.09. The Balaban J connectivity index is 1.07. The van der Waals surface area contributed by atoms with Gasteiger partial charge in [0.1, 0.15) is 30.5 Å². The summed E-state index contributed by atoms with van der Waals surface area (Å²) in [6.45, 7) is 1.76. The monoisotopic (exact) mass is 502 g/mol. The zero-order chi connectivity index (χ0) is 24.9. The minimum Gasteiger partial charge on any atom is -0.489 e. The molecule has 37 heavy (non-hydrogen) atoms. The standard InChI is InChI=1S/C32H26N2O2S/c1-2-7-24(8-3-1)21-35-28-17-18-31-30(19-28)32(34-37-31)33-20-23-13-15-27(16-14-23)36-22-26-11-6-10-25-9-4-5-12-29(25)26/h1-19H,20-22H2,(H,33,34). The zero-order valence-electron chi connectivity index (χ0n) is 20.3. The second-order valence-electron chi connectivity index (χ2n) is 8.89. The lowest BCUT2D eigenvalue weighted by Gasteiger charge is -2.10. The number of nitrogens with zero attached hydrogens (tertiary/aromatic N) is 1. The van der Waals surface area contributed by atoms with Gasteiger partial charge in [-0.15, -0.1) is 0 Å². The molecule has 0 bridgehead atoms. The first kappa shape index (κ1) is 23.1. The van der Waals surface area contributed by atoms with Crippen LogP contribution >= 0.6 is 11.5 Å². The van der Waals surface area contributed by atoms with Crippen LogP contribution in [0.3, 0.4) is 0 Å². The molecule has 1 aromatic heterocycles. The maximum absolute atomic E-state index is 6.09. The quantitative estimate of drug-likeness (QED) is 0.216. The molecule has 6 rings (SSSR count). The molecule has 0 spiro atoms. The molecule has 4 nitrogen and oxygen atoms in total. The molecule has 0 aliphatic heterocycles. The van der Waals surface area contributed by atoms with Gasteiger partial charge in [-0.3, -0.25) is 0 Å². The normalized spacial score (nSPS) is 11.0. The third-order valence-electron chi connectivity index (χ3n) is 6.35. The summed E-state index contributed by atoms with van der Waals surface area (Å²) in [5.74, 6) is 2.57. The molecule has 5 aromatic carbocycles. The van der Waals surface area contributed by atoms with Gasteiger partial charge in [-0.1, -0.05) is 84.9 Å². The van der Waals surface area contributed by atoms with E-state index in [-0.39, 0.29) is 0 Å². The van der Waals surface area contributed by atoms with E-state index in [9.17, 15) is 0 Å². The van der Waals surface area contributed by atoms with E-state index in [0.29, 0.717) is 19.8 Å². The van der Waals surface area contributed by atoms with Crippen LogP contribution in [-0.2, 0) is 19.8 Å². The van der Waals surface area contributed by atoms with Gasteiger partial charge in [0, 0.05) is 11.9 Å². The van der Waals surface area contributed by atoms with Gasteiger partial charge in [0.25, 0.3) is 0 Å². The lowest BCUT2D eigenvalue weighted by molar-refractivity contribution is 0.306. The van der Waals surface area contributed by atoms with Crippen molar-refractivity contribution in [3.63, 3.8) is 0 Å². The average Bonchev–Trinajstić information content (AvgIpc) is 3.37. The van der Waals surface area contributed by atoms with Gasteiger partial charge in [0.2, 0.25) is 0 Å². The second kappa shape index (κ2) is 10.7. The van der Waals surface area contributed by atoms with Gasteiger partial charge in [-0.2, -0.15) is 4.37 Å². The van der Waals surface area contributed by atoms with Crippen LogP contribution in [0.4, 0.5) is 5.82 Å². The Labute approximate surface area is 220 Å². The summed E-state index contributed by atoms with van der Waals surface area (Å²) in [5.41, 5.74) is 3.50. The smallest absolute Gasteiger partial charge is 0.147 e. The van der Waals surface area contributed by atoms with E-state index < -0.39 is 0 Å². The number of aromatic nitrogens is 1. The number of hydrogen-bond donors (Lipinski definition) is 1. The molecule has 0 aliphatic carbocycles. The molecule has 6 aromatic rings. The van der Waals surface area contributed by atoms with Gasteiger partial charge in [-0.25, -0.2) is 0 Å². The van der Waals surface area contributed by atoms with Crippen LogP contribution in [0.1, 0.15) is 16.7 Å². The van der Waals surface area contributed by atoms with Gasteiger partial charge >= 0.3 is 0 Å². The highest BCUT2D eigenvalue weighted by atomic mass is 32.1. The average molecular weight is 503 g/mol. The predicted molar refractivity (Wildman–Crippen MR) is 152 cm³/mol. The third-order valence-corrected chi connectivity index (χ3v) is 7.17. The molecule has 0 amide bonds. The first-order valence-corrected chi connectivity index (χ1v) is 13.1. The van der Waals surface area contributed by atoms with E-state index in [0.717, 1.165) is 38.5 Å². The topological polar surface area (TPSA) is 43.4 Å². The molecule has 0 atom stereocenters. The molecular formula is C32H26N2O2S. The van der Waals surface area contributed by atoms with Crippen molar-refractivity contribution < 1.29 is 9.47 Å². The summed E-state index contributed by atoms with van der Waals surface area (Å²) in [6, 6.07) is 39.3. The molecular weight excluding hydrogens is 476 g/mol. The van der Waals surface area contributed by atoms with E-state index in [1.54, 1.807) is 0 Å². The predicted octanol–water partition coefficient (Wildman–Crippen LogP) is 8.22. The van der Waals surface area contributed by atoms with Crippen LogP contribution in [0, 0.1) is 0 Å². The van der Waals surface area contributed by atoms with E-state index in [2.05, 4.69) is 88.6 Å². The van der Waals surface area contributed by atoms with Crippen LogP contribution in [0.5, 0.6) is 11.5 Å². The number of hydrogen-bond acceptors (Lipinski definition) is 5. The Bertz CT molecular complexity index is 1620. The molecule has 0 saturated heterocycles. The van der Waals surface area contributed by atoms with Crippen molar-refractivity contribution in [2.45, 2.75) is 19.8 Å². The summed E-state index contributed by atoms with van der Waals surface area (Å²) < 4.78 is 17.9. The van der Waals surface area contributed by atoms with Crippen molar-refractivity contribution >= 4 is 38.2 Å². The Morgan fingerprint density at radius 1 is 0.622 bits per heavy atom. The van der Waals surface area contributed by atoms with Crippen LogP contribution in [0.15, 0.2) is 115 Å². The van der Waals surface area contributed by atoms with Crippen LogP contribution < -0.4 is 14.8 Å². The summed E-state index contributed by atoms with van der Waals surface area (Å²) in [4.78, 5) is 0. The summed E-state index contributed by atoms with van der Waals surface area (Å²) in [7, 11) is 0. The lowest BCUT2D eigenvalue weighted by Crippen LogP contribution is -2.01. The number of rotatable bonds is 9. The number of nitrogens with one attached hydrogen (secondary N) is 1. The zero-order valence-corrected chi connectivity index (χ0v) is 21.1. The van der Waals surface area contributed by atoms with Crippen LogP contribution in [0.2, 0.25) is 0 Å². The number of ether oxygens (including phenoxy) is 2. The largest absolute Gasteiger partial charge is 0.489 e. The highest BCUT2D eigenvalue weighted by Gasteiger charge is 2.08. The Morgan fingerprint density at radius 3 is 2.27 bits per heavy atom. The molecule has 182 valence electrons. The van der Waals surface area contributed by atoms with E-state index in [4.69, 9.17) is 9.47 Å². The Hall–Kier alpha value is -4.35. The van der Waals surface area contributed by atoms with Gasteiger partial charge in [0.15, 0.2) is 0 Å². The van der Waals surface area contributed by atoms with Crippen molar-refractivity contribution in [1.82, 2.24) is 4.37 Å². The molecule has 1 heterocycles. The first-order chi connectivity index (χ1) is 18.3. The van der Waals surface area contributed by atoms with Crippen molar-refractivity contribution in [1.29, 1.82) is 0 Å². The fourth-order valence-electron chi connectivity index (χ4n) is 4.34. The molecule has 5 heteroatoms. The minimum atomic E-state index is 0.540. The van der Waals surface area contributed by atoms with Crippen LogP contribution in [-0.4, -0.2) is 4.37 Å². The van der Waals surface area contributed by atoms with Crippen LogP contribution in [0.25, 0.3) is 20.9 Å². The minimum absolute atomic E-state index is 0.540. The molecule has 0 aliphatic rings. The highest BCUT2D eigenvalue weighted by molar-refractivity contribution is 7.13. The first-order valence-electron chi connectivity index (χ1n) is 12.3.